The van der Waals surface area contributed by atoms with E-state index in [4.69, 9.17) is 18.9 Å². The van der Waals surface area contributed by atoms with Gasteiger partial charge in [-0.2, -0.15) is 0 Å². The van der Waals surface area contributed by atoms with Gasteiger partial charge in [-0.1, -0.05) is 118 Å². The lowest BCUT2D eigenvalue weighted by molar-refractivity contribution is -0.111. The fraction of sp³-hybridized carbons (Fsp3) is 0.372. The van der Waals surface area contributed by atoms with Gasteiger partial charge in [-0.15, -0.1) is 0 Å². The van der Waals surface area contributed by atoms with Crippen molar-refractivity contribution in [1.82, 2.24) is 9.55 Å². The third kappa shape index (κ3) is 10.2. The Morgan fingerprint density at radius 2 is 1.30 bits per heavy atom. The van der Waals surface area contributed by atoms with Gasteiger partial charge in [0.15, 0.2) is 17.9 Å². The Kier molecular flexibility index (Phi) is 14.2. The van der Waals surface area contributed by atoms with Gasteiger partial charge in [0.1, 0.15) is 18.3 Å². The molecule has 4 atom stereocenters. The van der Waals surface area contributed by atoms with E-state index in [9.17, 15) is 24.0 Å². The summed E-state index contributed by atoms with van der Waals surface area (Å²) >= 11 is 0. The smallest absolute Gasteiger partial charge is 0.338 e. The molecular weight excluding hydrogens is 688 g/mol. The maximum atomic E-state index is 13.7. The van der Waals surface area contributed by atoms with Gasteiger partial charge in [0.2, 0.25) is 0 Å². The molecule has 54 heavy (non-hydrogen) atoms. The number of carbonyl (C=O) groups excluding carboxylic acids is 3. The average Bonchev–Trinajstić information content (AvgIpc) is 3.45. The fourth-order valence-corrected chi connectivity index (χ4v) is 6.31. The van der Waals surface area contributed by atoms with Gasteiger partial charge in [0.05, 0.1) is 16.7 Å². The average molecular weight is 735 g/mol. The highest BCUT2D eigenvalue weighted by Gasteiger charge is 2.60. The van der Waals surface area contributed by atoms with Crippen molar-refractivity contribution in [1.29, 1.82) is 0 Å². The molecule has 0 aliphatic carbocycles. The molecule has 3 aromatic carbocycles. The fourth-order valence-electron chi connectivity index (χ4n) is 6.31. The van der Waals surface area contributed by atoms with Gasteiger partial charge in [-0.3, -0.25) is 14.3 Å². The molecule has 0 saturated carbocycles. The SMILES string of the molecule is CCCCCCCCCCC#Cc1cn([C@@H]2O[C@H](COC(=O)c3ccccc3)[C@@H](OC(=O)c3ccccc3)[C@@]2(C)OC(=O)c2ccccc2)c(=O)[nH]c1=O. The van der Waals surface area contributed by atoms with Crippen molar-refractivity contribution in [3.05, 3.63) is 140 Å². The Morgan fingerprint density at radius 1 is 0.759 bits per heavy atom. The van der Waals surface area contributed by atoms with Gasteiger partial charge in [-0.05, 0) is 49.7 Å². The highest BCUT2D eigenvalue weighted by molar-refractivity contribution is 5.91. The number of carbonyl (C=O) groups is 3. The van der Waals surface area contributed by atoms with Crippen LogP contribution >= 0.6 is 0 Å². The summed E-state index contributed by atoms with van der Waals surface area (Å²) in [5, 5.41) is 0. The highest BCUT2D eigenvalue weighted by Crippen LogP contribution is 2.43. The molecule has 282 valence electrons. The van der Waals surface area contributed by atoms with E-state index in [0.29, 0.717) is 6.42 Å². The second kappa shape index (κ2) is 19.4. The summed E-state index contributed by atoms with van der Waals surface area (Å²) in [6.07, 6.45) is 6.81. The molecule has 1 saturated heterocycles. The van der Waals surface area contributed by atoms with Gasteiger partial charge >= 0.3 is 23.6 Å². The number of rotatable bonds is 16. The van der Waals surface area contributed by atoms with Gasteiger partial charge in [-0.25, -0.2) is 19.2 Å². The van der Waals surface area contributed by atoms with Crippen molar-refractivity contribution in [3.8, 4) is 11.8 Å². The number of aromatic amines is 1. The van der Waals surface area contributed by atoms with E-state index in [1.165, 1.54) is 45.2 Å². The lowest BCUT2D eigenvalue weighted by Gasteiger charge is -2.34. The molecule has 0 amide bonds. The van der Waals surface area contributed by atoms with Crippen LogP contribution in [0.4, 0.5) is 0 Å². The Morgan fingerprint density at radius 3 is 1.89 bits per heavy atom. The van der Waals surface area contributed by atoms with Crippen LogP contribution in [0, 0.1) is 11.8 Å². The van der Waals surface area contributed by atoms with E-state index in [1.807, 2.05) is 0 Å². The zero-order valence-corrected chi connectivity index (χ0v) is 30.7. The van der Waals surface area contributed by atoms with Crippen LogP contribution in [0.3, 0.4) is 0 Å². The zero-order valence-electron chi connectivity index (χ0n) is 30.7. The number of esters is 3. The topological polar surface area (TPSA) is 143 Å². The Bertz CT molecular complexity index is 2030. The summed E-state index contributed by atoms with van der Waals surface area (Å²) in [7, 11) is 0. The van der Waals surface area contributed by atoms with Crippen molar-refractivity contribution < 1.29 is 33.3 Å². The normalized spacial score (nSPS) is 19.0. The van der Waals surface area contributed by atoms with Crippen LogP contribution in [0.5, 0.6) is 0 Å². The molecule has 1 fully saturated rings. The van der Waals surface area contributed by atoms with E-state index in [0.717, 1.165) is 23.8 Å². The van der Waals surface area contributed by atoms with Crippen LogP contribution in [0.15, 0.2) is 107 Å². The van der Waals surface area contributed by atoms with Crippen molar-refractivity contribution in [3.63, 3.8) is 0 Å². The largest absolute Gasteiger partial charge is 0.459 e. The Balaban J connectivity index is 1.47. The van der Waals surface area contributed by atoms with Crippen LogP contribution in [-0.4, -0.2) is 51.9 Å². The minimum atomic E-state index is -1.91. The summed E-state index contributed by atoms with van der Waals surface area (Å²) in [6, 6.07) is 24.6. The van der Waals surface area contributed by atoms with Crippen molar-refractivity contribution >= 4 is 17.9 Å². The number of H-pyrrole nitrogens is 1. The number of benzene rings is 3. The molecule has 5 rings (SSSR count). The monoisotopic (exact) mass is 734 g/mol. The molecule has 4 aromatic rings. The lowest BCUT2D eigenvalue weighted by atomic mass is 9.95. The standard InChI is InChI=1S/C43H46N2O9/c1-3-4-5-6-7-8-9-10-11-15-28-34-29-45(42(50)44-37(34)46)41-43(2,54-40(49)33-26-20-14-21-27-33)36(53-39(48)32-24-18-13-19-25-32)35(52-41)30-51-38(47)31-22-16-12-17-23-31/h12-14,16-27,29,35-36,41H,3-11,30H2,1-2H3,(H,44,46,50)/t35-,36-,41-,43-/m1/s1. The van der Waals surface area contributed by atoms with Crippen molar-refractivity contribution in [2.75, 3.05) is 6.61 Å². The molecule has 1 aromatic heterocycles. The van der Waals surface area contributed by atoms with Crippen LogP contribution in [0.25, 0.3) is 0 Å². The van der Waals surface area contributed by atoms with Crippen molar-refractivity contribution in [2.24, 2.45) is 0 Å². The maximum absolute atomic E-state index is 13.7. The Hall–Kier alpha value is -5.73. The molecule has 0 spiro atoms. The molecule has 11 heteroatoms. The summed E-state index contributed by atoms with van der Waals surface area (Å²) < 4.78 is 25.2. The van der Waals surface area contributed by atoms with Crippen LogP contribution in [-0.2, 0) is 18.9 Å². The van der Waals surface area contributed by atoms with Gasteiger partial charge in [0.25, 0.3) is 5.56 Å². The van der Waals surface area contributed by atoms with E-state index < -0.39 is 59.8 Å². The first-order valence-electron chi connectivity index (χ1n) is 18.5. The minimum Gasteiger partial charge on any atom is -0.459 e. The molecule has 0 radical (unpaired) electrons. The number of nitrogens with one attached hydrogen (secondary N) is 1. The predicted octanol–water partition coefficient (Wildman–Crippen LogP) is 7.01. The molecule has 0 unspecified atom stereocenters. The highest BCUT2D eigenvalue weighted by atomic mass is 16.7. The quantitative estimate of drug-likeness (QED) is 0.0556. The maximum Gasteiger partial charge on any atom is 0.338 e. The zero-order chi connectivity index (χ0) is 38.3. The first kappa shape index (κ1) is 39.5. The minimum absolute atomic E-state index is 0.00807. The first-order valence-corrected chi connectivity index (χ1v) is 18.5. The molecule has 2 heterocycles. The third-order valence-corrected chi connectivity index (χ3v) is 9.25. The number of hydrogen-bond donors (Lipinski definition) is 1. The number of ether oxygens (including phenoxy) is 4. The lowest BCUT2D eigenvalue weighted by Crippen LogP contribution is -2.52. The predicted molar refractivity (Wildman–Crippen MR) is 202 cm³/mol. The molecule has 1 N–H and O–H groups in total. The van der Waals surface area contributed by atoms with Crippen LogP contribution in [0.2, 0.25) is 0 Å². The Labute approximate surface area is 314 Å². The molecule has 1 aliphatic rings. The van der Waals surface area contributed by atoms with E-state index >= 15 is 0 Å². The first-order chi connectivity index (χ1) is 26.2. The van der Waals surface area contributed by atoms with E-state index in [2.05, 4.69) is 23.7 Å². The van der Waals surface area contributed by atoms with Gasteiger partial charge in [0, 0.05) is 12.6 Å². The van der Waals surface area contributed by atoms with E-state index in [1.54, 1.807) is 91.0 Å². The number of aromatic nitrogens is 2. The summed E-state index contributed by atoms with van der Waals surface area (Å²) in [4.78, 5) is 69.0. The summed E-state index contributed by atoms with van der Waals surface area (Å²) in [5.74, 6) is 3.68. The molecular formula is C43H46N2O9. The number of unbranched alkanes of at least 4 members (excludes halogenated alkanes) is 8. The second-order valence-corrected chi connectivity index (χ2v) is 13.4. The second-order valence-electron chi connectivity index (χ2n) is 13.4. The van der Waals surface area contributed by atoms with E-state index in [-0.39, 0.29) is 22.3 Å². The van der Waals surface area contributed by atoms with Crippen molar-refractivity contribution in [2.45, 2.75) is 95.7 Å². The molecule has 11 nitrogen and oxygen atoms in total. The summed E-state index contributed by atoms with van der Waals surface area (Å²) in [5.41, 5.74) is -2.83. The summed E-state index contributed by atoms with van der Waals surface area (Å²) in [6.45, 7) is 3.21. The van der Waals surface area contributed by atoms with Crippen LogP contribution in [0.1, 0.15) is 115 Å². The van der Waals surface area contributed by atoms with Crippen LogP contribution < -0.4 is 11.2 Å². The van der Waals surface area contributed by atoms with Gasteiger partial charge < -0.3 is 18.9 Å². The molecule has 1 aliphatic heterocycles. The number of hydrogen-bond acceptors (Lipinski definition) is 9. The third-order valence-electron chi connectivity index (χ3n) is 9.25. The number of nitrogens with zero attached hydrogens (tertiary/aromatic N) is 1. The molecule has 0 bridgehead atoms.